The quantitative estimate of drug-likeness (QED) is 0.598. The predicted octanol–water partition coefficient (Wildman–Crippen LogP) is 2.09. The molecule has 0 spiro atoms. The Bertz CT molecular complexity index is 506. The number of hydrogen-bond acceptors (Lipinski definition) is 4. The van der Waals surface area contributed by atoms with Crippen molar-refractivity contribution in [1.82, 2.24) is 0 Å². The first-order valence-corrected chi connectivity index (χ1v) is 4.45. The topological polar surface area (TPSA) is 67.2 Å². The second kappa shape index (κ2) is 5.16. The van der Waals surface area contributed by atoms with Gasteiger partial charge in [0.05, 0.1) is 18.2 Å². The van der Waals surface area contributed by atoms with Crippen LogP contribution in [0.4, 0.5) is 8.78 Å². The SMILES string of the molecule is COC(=O)c1ccc(C(F)F)c(C=O)c1C#N. The monoisotopic (exact) mass is 239 g/mol. The number of ether oxygens (including phenoxy) is 1. The van der Waals surface area contributed by atoms with Crippen molar-refractivity contribution in [3.05, 3.63) is 34.4 Å². The van der Waals surface area contributed by atoms with Crippen molar-refractivity contribution >= 4 is 12.3 Å². The fourth-order valence-electron chi connectivity index (χ4n) is 1.35. The standard InChI is InChI=1S/C11H7F2NO3/c1-17-11(16)7-3-2-6(10(12)13)9(5-15)8(7)4-14/h2-3,5,10H,1H3. The van der Waals surface area contributed by atoms with Gasteiger partial charge in [0.15, 0.2) is 6.29 Å². The van der Waals surface area contributed by atoms with Crippen molar-refractivity contribution in [1.29, 1.82) is 5.26 Å². The zero-order valence-corrected chi connectivity index (χ0v) is 8.74. The number of benzene rings is 1. The second-order valence-electron chi connectivity index (χ2n) is 3.01. The molecule has 0 atom stereocenters. The molecule has 0 unspecified atom stereocenters. The molecule has 0 radical (unpaired) electrons. The second-order valence-corrected chi connectivity index (χ2v) is 3.01. The van der Waals surface area contributed by atoms with E-state index in [-0.39, 0.29) is 11.8 Å². The largest absolute Gasteiger partial charge is 0.465 e. The Morgan fingerprint density at radius 2 is 2.18 bits per heavy atom. The van der Waals surface area contributed by atoms with Gasteiger partial charge in [0.25, 0.3) is 6.43 Å². The molecule has 1 aromatic rings. The van der Waals surface area contributed by atoms with E-state index in [2.05, 4.69) is 4.74 Å². The molecule has 1 aromatic carbocycles. The molecule has 88 valence electrons. The molecule has 0 saturated heterocycles. The molecule has 6 heteroatoms. The number of nitrogens with zero attached hydrogens (tertiary/aromatic N) is 1. The third-order valence-corrected chi connectivity index (χ3v) is 2.15. The first-order valence-electron chi connectivity index (χ1n) is 4.45. The van der Waals surface area contributed by atoms with E-state index >= 15 is 0 Å². The first kappa shape index (κ1) is 12.8. The van der Waals surface area contributed by atoms with Crippen LogP contribution in [0.25, 0.3) is 0 Å². The molecule has 0 aliphatic heterocycles. The number of methoxy groups -OCH3 is 1. The Balaban J connectivity index is 3.55. The zero-order chi connectivity index (χ0) is 13.0. The normalized spacial score (nSPS) is 9.82. The molecule has 0 fully saturated rings. The average Bonchev–Trinajstić information content (AvgIpc) is 2.35. The summed E-state index contributed by atoms with van der Waals surface area (Å²) in [6, 6.07) is 3.53. The number of nitriles is 1. The molecular weight excluding hydrogens is 232 g/mol. The van der Waals surface area contributed by atoms with E-state index in [1.807, 2.05) is 0 Å². The lowest BCUT2D eigenvalue weighted by molar-refractivity contribution is 0.0600. The third-order valence-electron chi connectivity index (χ3n) is 2.15. The Kier molecular flexibility index (Phi) is 3.88. The van der Waals surface area contributed by atoms with Crippen molar-refractivity contribution in [2.24, 2.45) is 0 Å². The van der Waals surface area contributed by atoms with E-state index in [9.17, 15) is 18.4 Å². The lowest BCUT2D eigenvalue weighted by Gasteiger charge is -2.08. The van der Waals surface area contributed by atoms with E-state index in [0.29, 0.717) is 0 Å². The molecule has 0 saturated carbocycles. The summed E-state index contributed by atoms with van der Waals surface area (Å²) in [6.45, 7) is 0. The summed E-state index contributed by atoms with van der Waals surface area (Å²) in [7, 11) is 1.09. The summed E-state index contributed by atoms with van der Waals surface area (Å²) in [4.78, 5) is 22.0. The predicted molar refractivity (Wildman–Crippen MR) is 52.8 cm³/mol. The molecule has 17 heavy (non-hydrogen) atoms. The molecule has 4 nitrogen and oxygen atoms in total. The number of rotatable bonds is 3. The molecule has 0 amide bonds. The average molecular weight is 239 g/mol. The molecule has 0 bridgehead atoms. The van der Waals surface area contributed by atoms with Crippen LogP contribution in [0.1, 0.15) is 38.3 Å². The number of carbonyl (C=O) groups excluding carboxylic acids is 2. The van der Waals surface area contributed by atoms with Crippen molar-refractivity contribution < 1.29 is 23.1 Å². The Morgan fingerprint density at radius 1 is 1.53 bits per heavy atom. The highest BCUT2D eigenvalue weighted by Crippen LogP contribution is 2.26. The van der Waals surface area contributed by atoms with Gasteiger partial charge >= 0.3 is 5.97 Å². The maximum Gasteiger partial charge on any atom is 0.339 e. The van der Waals surface area contributed by atoms with Gasteiger partial charge in [-0.15, -0.1) is 0 Å². The highest BCUT2D eigenvalue weighted by molar-refractivity contribution is 5.96. The molecule has 0 aliphatic rings. The van der Waals surface area contributed by atoms with Crippen LogP contribution in [0.5, 0.6) is 0 Å². The van der Waals surface area contributed by atoms with Crippen LogP contribution in [0, 0.1) is 11.3 Å². The highest BCUT2D eigenvalue weighted by atomic mass is 19.3. The number of halogens is 2. The van der Waals surface area contributed by atoms with Gasteiger partial charge in [0.2, 0.25) is 0 Å². The van der Waals surface area contributed by atoms with Gasteiger partial charge in [-0.05, 0) is 6.07 Å². The van der Waals surface area contributed by atoms with Gasteiger partial charge in [-0.2, -0.15) is 5.26 Å². The number of esters is 1. The maximum absolute atomic E-state index is 12.6. The van der Waals surface area contributed by atoms with Crippen LogP contribution in [0.15, 0.2) is 12.1 Å². The molecule has 0 aliphatic carbocycles. The molecule has 0 aromatic heterocycles. The summed E-state index contributed by atoms with van der Waals surface area (Å²) in [5, 5.41) is 8.82. The van der Waals surface area contributed by atoms with E-state index in [1.165, 1.54) is 0 Å². The number of aldehydes is 1. The minimum absolute atomic E-state index is 0.131. The van der Waals surface area contributed by atoms with Crippen LogP contribution in [0.3, 0.4) is 0 Å². The van der Waals surface area contributed by atoms with Gasteiger partial charge in [-0.3, -0.25) is 4.79 Å². The maximum atomic E-state index is 12.6. The van der Waals surface area contributed by atoms with E-state index in [1.54, 1.807) is 6.07 Å². The minimum atomic E-state index is -2.89. The first-order chi connectivity index (χ1) is 8.06. The molecule has 0 N–H and O–H groups in total. The molecular formula is C11H7F2NO3. The van der Waals surface area contributed by atoms with Crippen molar-refractivity contribution in [3.63, 3.8) is 0 Å². The lowest BCUT2D eigenvalue weighted by atomic mass is 9.97. The Labute approximate surface area is 95.4 Å². The summed E-state index contributed by atoms with van der Waals surface area (Å²) >= 11 is 0. The van der Waals surface area contributed by atoms with E-state index in [4.69, 9.17) is 5.26 Å². The van der Waals surface area contributed by atoms with Crippen molar-refractivity contribution in [2.75, 3.05) is 7.11 Å². The molecule has 0 heterocycles. The fraction of sp³-hybridized carbons (Fsp3) is 0.182. The number of alkyl halides is 2. The van der Waals surface area contributed by atoms with Crippen molar-refractivity contribution in [3.8, 4) is 6.07 Å². The van der Waals surface area contributed by atoms with Gasteiger partial charge in [-0.1, -0.05) is 6.07 Å². The van der Waals surface area contributed by atoms with E-state index < -0.39 is 29.1 Å². The molecule has 1 rings (SSSR count). The van der Waals surface area contributed by atoms with Crippen LogP contribution in [-0.2, 0) is 4.74 Å². The van der Waals surface area contributed by atoms with Gasteiger partial charge in [0.1, 0.15) is 6.07 Å². The summed E-state index contributed by atoms with van der Waals surface area (Å²) in [5.41, 5.74) is -1.67. The van der Waals surface area contributed by atoms with Crippen LogP contribution in [-0.4, -0.2) is 19.4 Å². The highest BCUT2D eigenvalue weighted by Gasteiger charge is 2.22. The van der Waals surface area contributed by atoms with Gasteiger partial charge in [-0.25, -0.2) is 13.6 Å². The third kappa shape index (κ3) is 2.28. The number of carbonyl (C=O) groups is 2. The summed E-state index contributed by atoms with van der Waals surface area (Å²) in [5.74, 6) is -0.856. The van der Waals surface area contributed by atoms with Gasteiger partial charge in [0, 0.05) is 11.1 Å². The summed E-state index contributed by atoms with van der Waals surface area (Å²) < 4.78 is 29.5. The number of hydrogen-bond donors (Lipinski definition) is 0. The fourth-order valence-corrected chi connectivity index (χ4v) is 1.35. The lowest BCUT2D eigenvalue weighted by Crippen LogP contribution is -2.08. The Morgan fingerprint density at radius 3 is 2.59 bits per heavy atom. The minimum Gasteiger partial charge on any atom is -0.465 e. The van der Waals surface area contributed by atoms with Crippen molar-refractivity contribution in [2.45, 2.75) is 6.43 Å². The van der Waals surface area contributed by atoms with Crippen LogP contribution in [0.2, 0.25) is 0 Å². The smallest absolute Gasteiger partial charge is 0.339 e. The Hall–Kier alpha value is -2.29. The van der Waals surface area contributed by atoms with Crippen LogP contribution < -0.4 is 0 Å². The zero-order valence-electron chi connectivity index (χ0n) is 8.74. The van der Waals surface area contributed by atoms with E-state index in [0.717, 1.165) is 19.2 Å². The van der Waals surface area contributed by atoms with Gasteiger partial charge < -0.3 is 4.74 Å². The van der Waals surface area contributed by atoms with Crippen LogP contribution >= 0.6 is 0 Å². The summed E-state index contributed by atoms with van der Waals surface area (Å²) in [6.07, 6.45) is -2.76.